The van der Waals surface area contributed by atoms with E-state index in [2.05, 4.69) is 9.97 Å². The molecule has 146 valence electrons. The van der Waals surface area contributed by atoms with Gasteiger partial charge in [0.15, 0.2) is 17.3 Å². The van der Waals surface area contributed by atoms with Crippen LogP contribution in [-0.4, -0.2) is 34.0 Å². The molecule has 0 bridgehead atoms. The number of carbonyl (C=O) groups excluding carboxylic acids is 1. The minimum absolute atomic E-state index is 0.224. The Labute approximate surface area is 162 Å². The third-order valence-electron chi connectivity index (χ3n) is 4.42. The van der Waals surface area contributed by atoms with Gasteiger partial charge in [-0.1, -0.05) is 23.5 Å². The van der Waals surface area contributed by atoms with Crippen LogP contribution in [0.25, 0.3) is 10.6 Å². The van der Waals surface area contributed by atoms with Crippen LogP contribution in [-0.2, 0) is 12.7 Å². The lowest BCUT2D eigenvalue weighted by molar-refractivity contribution is -0.137. The van der Waals surface area contributed by atoms with Crippen molar-refractivity contribution in [3.63, 3.8) is 0 Å². The molecule has 6 nitrogen and oxygen atoms in total. The molecule has 3 aromatic rings. The number of carbonyl (C=O) groups is 1. The van der Waals surface area contributed by atoms with Crippen LogP contribution in [0.2, 0.25) is 0 Å². The summed E-state index contributed by atoms with van der Waals surface area (Å²) in [4.78, 5) is 25.1. The molecule has 0 N–H and O–H groups in total. The van der Waals surface area contributed by atoms with E-state index in [1.54, 1.807) is 16.0 Å². The fourth-order valence-corrected chi connectivity index (χ4v) is 4.02. The largest absolute Gasteiger partial charge is 0.443 e. The van der Waals surface area contributed by atoms with Crippen molar-refractivity contribution in [3.05, 3.63) is 53.7 Å². The Hall–Kier alpha value is -2.88. The fraction of sp³-hybridized carbons (Fsp3) is 0.278. The van der Waals surface area contributed by atoms with Crippen molar-refractivity contribution in [2.45, 2.75) is 19.6 Å². The molecule has 2 aromatic heterocycles. The highest BCUT2D eigenvalue weighted by Crippen LogP contribution is 2.36. The van der Waals surface area contributed by atoms with Gasteiger partial charge in [-0.3, -0.25) is 4.90 Å². The Morgan fingerprint density at radius 3 is 2.61 bits per heavy atom. The smallest absolute Gasteiger partial charge is 0.416 e. The molecule has 0 aliphatic carbocycles. The molecule has 0 saturated carbocycles. The molecule has 0 radical (unpaired) electrons. The zero-order valence-corrected chi connectivity index (χ0v) is 15.5. The molecule has 2 amide bonds. The zero-order valence-electron chi connectivity index (χ0n) is 14.7. The molecular weight excluding hydrogens is 393 g/mol. The van der Waals surface area contributed by atoms with Gasteiger partial charge in [0.25, 0.3) is 0 Å². The number of oxazole rings is 1. The first kappa shape index (κ1) is 18.5. The van der Waals surface area contributed by atoms with E-state index in [1.165, 1.54) is 29.9 Å². The summed E-state index contributed by atoms with van der Waals surface area (Å²) in [6, 6.07) is 4.63. The molecule has 28 heavy (non-hydrogen) atoms. The lowest BCUT2D eigenvalue weighted by atomic mass is 10.1. The van der Waals surface area contributed by atoms with Gasteiger partial charge >= 0.3 is 12.2 Å². The number of hydrogen-bond donors (Lipinski definition) is 0. The van der Waals surface area contributed by atoms with Gasteiger partial charge in [-0.05, 0) is 24.6 Å². The number of anilines is 1. The number of aryl methyl sites for hydroxylation is 1. The predicted molar refractivity (Wildman–Crippen MR) is 96.9 cm³/mol. The summed E-state index contributed by atoms with van der Waals surface area (Å²) >= 11 is 1.34. The van der Waals surface area contributed by atoms with Gasteiger partial charge in [-0.25, -0.2) is 14.8 Å². The second kappa shape index (κ2) is 6.93. The van der Waals surface area contributed by atoms with Crippen molar-refractivity contribution in [1.82, 2.24) is 14.9 Å². The Morgan fingerprint density at radius 1 is 1.21 bits per heavy atom. The summed E-state index contributed by atoms with van der Waals surface area (Å²) in [7, 11) is 0. The predicted octanol–water partition coefficient (Wildman–Crippen LogP) is 4.57. The van der Waals surface area contributed by atoms with Crippen molar-refractivity contribution < 1.29 is 22.4 Å². The van der Waals surface area contributed by atoms with Gasteiger partial charge < -0.3 is 9.32 Å². The van der Waals surface area contributed by atoms with Crippen LogP contribution >= 0.6 is 11.3 Å². The van der Waals surface area contributed by atoms with Crippen LogP contribution in [0.5, 0.6) is 0 Å². The third-order valence-corrected chi connectivity index (χ3v) is 5.62. The van der Waals surface area contributed by atoms with E-state index < -0.39 is 11.7 Å². The van der Waals surface area contributed by atoms with Crippen molar-refractivity contribution in [2.24, 2.45) is 0 Å². The Balaban J connectivity index is 1.48. The van der Waals surface area contributed by atoms with Crippen molar-refractivity contribution in [2.75, 3.05) is 18.0 Å². The minimum atomic E-state index is -4.37. The van der Waals surface area contributed by atoms with E-state index in [1.807, 2.05) is 6.92 Å². The lowest BCUT2D eigenvalue weighted by Crippen LogP contribution is -2.31. The molecule has 4 rings (SSSR count). The molecule has 0 unspecified atom stereocenters. The maximum Gasteiger partial charge on any atom is 0.416 e. The number of rotatable bonds is 4. The average molecular weight is 408 g/mol. The first-order valence-electron chi connectivity index (χ1n) is 8.42. The topological polar surface area (TPSA) is 62.5 Å². The van der Waals surface area contributed by atoms with Crippen LogP contribution in [0, 0.1) is 6.92 Å². The van der Waals surface area contributed by atoms with Gasteiger partial charge in [0.1, 0.15) is 0 Å². The summed E-state index contributed by atoms with van der Waals surface area (Å²) in [5, 5.41) is 0.559. The zero-order chi connectivity index (χ0) is 19.9. The van der Waals surface area contributed by atoms with Gasteiger partial charge in [0.05, 0.1) is 22.3 Å². The lowest BCUT2D eigenvalue weighted by Gasteiger charge is -2.17. The van der Waals surface area contributed by atoms with Gasteiger partial charge in [0.2, 0.25) is 0 Å². The van der Waals surface area contributed by atoms with Gasteiger partial charge in [-0.15, -0.1) is 0 Å². The molecule has 1 aliphatic rings. The van der Waals surface area contributed by atoms with E-state index in [-0.39, 0.29) is 12.6 Å². The summed E-state index contributed by atoms with van der Waals surface area (Å²) in [5.41, 5.74) is 0.676. The normalized spacial score (nSPS) is 14.9. The highest BCUT2D eigenvalue weighted by molar-refractivity contribution is 7.19. The molecule has 1 aromatic carbocycles. The van der Waals surface area contributed by atoms with Crippen molar-refractivity contribution in [1.29, 1.82) is 0 Å². The Kier molecular flexibility index (Phi) is 4.58. The standard InChI is InChI=1S/C18H15F3N4O2S/c1-11-15(14-8-22-10-27-14)28-16(23-11)25-7-6-24(17(25)26)9-12-2-4-13(5-3-12)18(19,20)21/h2-5,8,10H,6-7,9H2,1H3. The maximum atomic E-state index is 12.7. The second-order valence-electron chi connectivity index (χ2n) is 6.33. The van der Waals surface area contributed by atoms with Crippen LogP contribution < -0.4 is 4.90 Å². The quantitative estimate of drug-likeness (QED) is 0.635. The minimum Gasteiger partial charge on any atom is -0.443 e. The van der Waals surface area contributed by atoms with E-state index in [0.29, 0.717) is 29.5 Å². The number of thiazole rings is 1. The number of benzene rings is 1. The summed E-state index contributed by atoms with van der Waals surface area (Å²) in [5.74, 6) is 0.592. The number of halogens is 3. The first-order chi connectivity index (χ1) is 13.3. The van der Waals surface area contributed by atoms with Crippen LogP contribution in [0.15, 0.2) is 41.3 Å². The highest BCUT2D eigenvalue weighted by atomic mass is 32.1. The third kappa shape index (κ3) is 3.47. The Bertz CT molecular complexity index is 983. The molecule has 0 atom stereocenters. The fourth-order valence-electron chi connectivity index (χ4n) is 2.98. The number of urea groups is 1. The van der Waals surface area contributed by atoms with Crippen molar-refractivity contribution in [3.8, 4) is 10.6 Å². The molecule has 10 heteroatoms. The molecule has 1 saturated heterocycles. The molecule has 1 aliphatic heterocycles. The summed E-state index contributed by atoms with van der Waals surface area (Å²) in [6.07, 6.45) is -1.45. The molecule has 0 spiro atoms. The average Bonchev–Trinajstić information content (AvgIpc) is 3.36. The van der Waals surface area contributed by atoms with E-state index in [4.69, 9.17) is 4.42 Å². The molecular formula is C18H15F3N4O2S. The second-order valence-corrected chi connectivity index (χ2v) is 7.30. The van der Waals surface area contributed by atoms with Crippen molar-refractivity contribution >= 4 is 22.5 Å². The van der Waals surface area contributed by atoms with Gasteiger partial charge in [-0.2, -0.15) is 13.2 Å². The van der Waals surface area contributed by atoms with Crippen LogP contribution in [0.3, 0.4) is 0 Å². The van der Waals surface area contributed by atoms with E-state index in [9.17, 15) is 18.0 Å². The number of amides is 2. The van der Waals surface area contributed by atoms with E-state index in [0.717, 1.165) is 22.7 Å². The highest BCUT2D eigenvalue weighted by Gasteiger charge is 2.33. The van der Waals surface area contributed by atoms with E-state index >= 15 is 0 Å². The molecule has 3 heterocycles. The first-order valence-corrected chi connectivity index (χ1v) is 9.23. The summed E-state index contributed by atoms with van der Waals surface area (Å²) < 4.78 is 43.3. The summed E-state index contributed by atoms with van der Waals surface area (Å²) in [6.45, 7) is 3.00. The Morgan fingerprint density at radius 2 is 1.96 bits per heavy atom. The van der Waals surface area contributed by atoms with Gasteiger partial charge in [0, 0.05) is 19.6 Å². The van der Waals surface area contributed by atoms with Crippen LogP contribution in [0.1, 0.15) is 16.8 Å². The molecule has 1 fully saturated rings. The number of alkyl halides is 3. The maximum absolute atomic E-state index is 12.7. The number of aromatic nitrogens is 2. The number of nitrogens with zero attached hydrogens (tertiary/aromatic N) is 4. The number of hydrogen-bond acceptors (Lipinski definition) is 5. The SMILES string of the molecule is Cc1nc(N2CCN(Cc3ccc(C(F)(F)F)cc3)C2=O)sc1-c1cnco1. The monoisotopic (exact) mass is 408 g/mol. The van der Waals surface area contributed by atoms with Crippen LogP contribution in [0.4, 0.5) is 23.1 Å².